The summed E-state index contributed by atoms with van der Waals surface area (Å²) in [5.41, 5.74) is 3.71. The largest absolute Gasteiger partial charge is 0.480 e. The van der Waals surface area contributed by atoms with Gasteiger partial charge < -0.3 is 24.6 Å². The number of esters is 2. The average molecular weight is 877 g/mol. The Morgan fingerprint density at radius 1 is 0.774 bits per heavy atom. The van der Waals surface area contributed by atoms with E-state index in [4.69, 9.17) is 9.47 Å². The Labute approximate surface area is 370 Å². The van der Waals surface area contributed by atoms with E-state index in [1.54, 1.807) is 37.8 Å². The van der Waals surface area contributed by atoms with Crippen LogP contribution in [0.15, 0.2) is 84.9 Å². The molecule has 62 heavy (non-hydrogen) atoms. The monoisotopic (exact) mass is 876 g/mol. The summed E-state index contributed by atoms with van der Waals surface area (Å²) in [7, 11) is 0. The van der Waals surface area contributed by atoms with E-state index in [1.807, 2.05) is 72.8 Å². The lowest BCUT2D eigenvalue weighted by Gasteiger charge is -2.31. The Hall–Kier alpha value is -5.31. The van der Waals surface area contributed by atoms with Crippen molar-refractivity contribution < 1.29 is 48.5 Å². The molecule has 0 spiro atoms. The molecular formula is C47H61ClN4O10. The Kier molecular flexibility index (Phi) is 19.4. The van der Waals surface area contributed by atoms with Gasteiger partial charge in [0.1, 0.15) is 24.7 Å². The molecule has 2 aliphatic heterocycles. The fraction of sp³-hybridized carbons (Fsp3) is 0.489. The number of anilines is 1. The standard InChI is InChI=1S/C24H28N2O5.C23H32N2O5.ClH/c1-2-31-24(30)20(14-12-17-8-4-3-5-9-17)25-19-15-13-18-10-6-7-11-21(18)26(23(19)29)16-22(27)28;1-3-30-23(29)18(13-12-16-8-5-4-6-9-16)24-15(2)21(26)25-19-11-7-10-17(19)14-20(25)22(27)28;/h3-11,19-20,25H,2,12-16H2,1H3,(H,27,28);4-6,8-9,15,17-20,24H,3,7,10-14H2,1-2H3,(H,27,28);1H/t19-,20-;15-,17-,18-,19-,20-;/m00./s1. The van der Waals surface area contributed by atoms with E-state index < -0.39 is 54.7 Å². The number of para-hydroxylation sites is 1. The molecule has 1 saturated heterocycles. The van der Waals surface area contributed by atoms with Gasteiger partial charge in [0.15, 0.2) is 0 Å². The van der Waals surface area contributed by atoms with Gasteiger partial charge in [-0.3, -0.25) is 39.5 Å². The van der Waals surface area contributed by atoms with Gasteiger partial charge in [-0.25, -0.2) is 4.79 Å². The molecule has 2 fully saturated rings. The van der Waals surface area contributed by atoms with Crippen LogP contribution in [0.2, 0.25) is 0 Å². The lowest BCUT2D eigenvalue weighted by Crippen LogP contribution is -2.55. The zero-order valence-corrected chi connectivity index (χ0v) is 36.6. The van der Waals surface area contributed by atoms with Gasteiger partial charge in [0.25, 0.3) is 0 Å². The molecular weight excluding hydrogens is 816 g/mol. The van der Waals surface area contributed by atoms with Gasteiger partial charge in [-0.1, -0.05) is 85.3 Å². The number of carboxylic acids is 2. The normalized spacial score (nSPS) is 20.5. The number of nitrogens with zero attached hydrogens (tertiary/aromatic N) is 2. The summed E-state index contributed by atoms with van der Waals surface area (Å²) < 4.78 is 10.4. The molecule has 0 unspecified atom stereocenters. The number of amides is 2. The minimum Gasteiger partial charge on any atom is -0.480 e. The molecule has 7 atom stereocenters. The van der Waals surface area contributed by atoms with Crippen molar-refractivity contribution in [3.63, 3.8) is 0 Å². The number of hydrogen-bond acceptors (Lipinski definition) is 10. The van der Waals surface area contributed by atoms with Gasteiger partial charge in [-0.15, -0.1) is 12.4 Å². The third kappa shape index (κ3) is 13.3. The third-order valence-electron chi connectivity index (χ3n) is 11.7. The number of carbonyl (C=O) groups is 6. The Morgan fingerprint density at radius 2 is 1.34 bits per heavy atom. The van der Waals surface area contributed by atoms with Crippen LogP contribution in [0.3, 0.4) is 0 Å². The molecule has 0 bridgehead atoms. The highest BCUT2D eigenvalue weighted by Crippen LogP contribution is 2.41. The van der Waals surface area contributed by atoms with Crippen LogP contribution >= 0.6 is 12.4 Å². The van der Waals surface area contributed by atoms with E-state index in [-0.39, 0.29) is 55.4 Å². The van der Waals surface area contributed by atoms with Crippen LogP contribution in [-0.2, 0) is 57.5 Å². The van der Waals surface area contributed by atoms with Crippen molar-refractivity contribution in [2.75, 3.05) is 24.7 Å². The first-order valence-corrected chi connectivity index (χ1v) is 21.5. The fourth-order valence-corrected chi connectivity index (χ4v) is 8.77. The Bertz CT molecular complexity index is 1950. The summed E-state index contributed by atoms with van der Waals surface area (Å²) in [6, 6.07) is 23.5. The summed E-state index contributed by atoms with van der Waals surface area (Å²) in [6.45, 7) is 5.29. The van der Waals surface area contributed by atoms with Crippen LogP contribution in [0, 0.1) is 5.92 Å². The second kappa shape index (κ2) is 24.4. The summed E-state index contributed by atoms with van der Waals surface area (Å²) >= 11 is 0. The molecule has 1 aliphatic carbocycles. The average Bonchev–Trinajstić information content (AvgIpc) is 3.84. The zero-order valence-electron chi connectivity index (χ0n) is 35.8. The number of aliphatic carboxylic acids is 2. The summed E-state index contributed by atoms with van der Waals surface area (Å²) in [5.74, 6) is -3.15. The lowest BCUT2D eigenvalue weighted by atomic mass is 10.0. The SMILES string of the molecule is CCOC(=O)[C@H](CCc1ccccc1)N[C@@H](C)C(=O)N1[C@H](C(=O)O)C[C@@H]2CCC[C@@H]21.CCOC(=O)[C@H](CCc1ccccc1)N[C@H]1CCc2ccccc2N(CC(=O)O)C1=O.Cl. The predicted octanol–water partition coefficient (Wildman–Crippen LogP) is 5.38. The number of halogens is 1. The van der Waals surface area contributed by atoms with Crippen molar-refractivity contribution in [3.05, 3.63) is 102 Å². The maximum atomic E-state index is 13.3. The number of ether oxygens (including phenoxy) is 2. The van der Waals surface area contributed by atoms with E-state index in [0.717, 1.165) is 36.0 Å². The molecule has 15 heteroatoms. The number of benzene rings is 3. The molecule has 2 heterocycles. The third-order valence-corrected chi connectivity index (χ3v) is 11.7. The van der Waals surface area contributed by atoms with E-state index in [9.17, 15) is 39.0 Å². The van der Waals surface area contributed by atoms with Crippen molar-refractivity contribution in [3.8, 4) is 0 Å². The zero-order chi connectivity index (χ0) is 43.9. The number of hydrogen-bond donors (Lipinski definition) is 4. The summed E-state index contributed by atoms with van der Waals surface area (Å²) in [4.78, 5) is 77.7. The molecule has 0 aromatic heterocycles. The molecule has 3 aromatic rings. The highest BCUT2D eigenvalue weighted by atomic mass is 35.5. The van der Waals surface area contributed by atoms with Crippen LogP contribution in [0.4, 0.5) is 5.69 Å². The molecule has 336 valence electrons. The minimum absolute atomic E-state index is 0. The first kappa shape index (κ1) is 49.3. The molecule has 3 aromatic carbocycles. The molecule has 4 N–H and O–H groups in total. The maximum absolute atomic E-state index is 13.3. The first-order valence-electron chi connectivity index (χ1n) is 21.5. The van der Waals surface area contributed by atoms with Gasteiger partial charge in [0.05, 0.1) is 25.3 Å². The van der Waals surface area contributed by atoms with E-state index >= 15 is 0 Å². The maximum Gasteiger partial charge on any atom is 0.326 e. The topological polar surface area (TPSA) is 192 Å². The fourth-order valence-electron chi connectivity index (χ4n) is 8.77. The number of nitrogens with one attached hydrogen (secondary N) is 2. The van der Waals surface area contributed by atoms with Gasteiger partial charge in [-0.05, 0) is 107 Å². The summed E-state index contributed by atoms with van der Waals surface area (Å²) in [5, 5.41) is 25.3. The molecule has 3 aliphatic rings. The Morgan fingerprint density at radius 3 is 1.92 bits per heavy atom. The number of rotatable bonds is 18. The van der Waals surface area contributed by atoms with Crippen molar-refractivity contribution in [2.45, 2.75) is 121 Å². The van der Waals surface area contributed by atoms with E-state index in [0.29, 0.717) is 50.6 Å². The van der Waals surface area contributed by atoms with Crippen LogP contribution in [0.5, 0.6) is 0 Å². The van der Waals surface area contributed by atoms with Crippen molar-refractivity contribution in [1.82, 2.24) is 15.5 Å². The second-order valence-electron chi connectivity index (χ2n) is 15.8. The van der Waals surface area contributed by atoms with E-state index in [1.165, 1.54) is 4.90 Å². The summed E-state index contributed by atoms with van der Waals surface area (Å²) in [6.07, 6.45) is 6.72. The predicted molar refractivity (Wildman–Crippen MR) is 236 cm³/mol. The minimum atomic E-state index is -1.09. The van der Waals surface area contributed by atoms with Crippen LogP contribution in [-0.4, -0.2) is 107 Å². The molecule has 6 rings (SSSR count). The first-order chi connectivity index (χ1) is 29.4. The van der Waals surface area contributed by atoms with Gasteiger partial charge in [-0.2, -0.15) is 0 Å². The molecule has 2 amide bonds. The highest BCUT2D eigenvalue weighted by Gasteiger charge is 2.49. The van der Waals surface area contributed by atoms with Crippen LogP contribution in [0.25, 0.3) is 0 Å². The number of aryl methyl sites for hydroxylation is 3. The molecule has 14 nitrogen and oxygen atoms in total. The lowest BCUT2D eigenvalue weighted by molar-refractivity contribution is -0.151. The van der Waals surface area contributed by atoms with Gasteiger partial charge >= 0.3 is 23.9 Å². The highest BCUT2D eigenvalue weighted by molar-refractivity contribution is 6.02. The smallest absolute Gasteiger partial charge is 0.326 e. The van der Waals surface area contributed by atoms with E-state index in [2.05, 4.69) is 10.6 Å². The number of fused-ring (bicyclic) bond motifs is 2. The van der Waals surface area contributed by atoms with Gasteiger partial charge in [0.2, 0.25) is 11.8 Å². The van der Waals surface area contributed by atoms with Gasteiger partial charge in [0, 0.05) is 11.7 Å². The van der Waals surface area contributed by atoms with Crippen LogP contribution < -0.4 is 15.5 Å². The van der Waals surface area contributed by atoms with Crippen molar-refractivity contribution >= 4 is 53.8 Å². The Balaban J connectivity index is 0.000000268. The van der Waals surface area contributed by atoms with Crippen molar-refractivity contribution in [2.24, 2.45) is 5.92 Å². The van der Waals surface area contributed by atoms with Crippen molar-refractivity contribution in [1.29, 1.82) is 0 Å². The molecule has 1 saturated carbocycles. The number of likely N-dealkylation sites (tertiary alicyclic amines) is 1. The number of carboxylic acid groups (broad SMARTS) is 2. The number of carbonyl (C=O) groups excluding carboxylic acids is 4. The second-order valence-corrected chi connectivity index (χ2v) is 15.8. The quantitative estimate of drug-likeness (QED) is 0.120. The van der Waals surface area contributed by atoms with Crippen LogP contribution in [0.1, 0.15) is 82.4 Å². The molecule has 0 radical (unpaired) electrons.